The monoisotopic (exact) mass is 406 g/mol. The summed E-state index contributed by atoms with van der Waals surface area (Å²) in [5.41, 5.74) is 2.98. The van der Waals surface area contributed by atoms with Gasteiger partial charge in [-0.2, -0.15) is 0 Å². The number of hydrogen-bond donors (Lipinski definition) is 0. The van der Waals surface area contributed by atoms with Gasteiger partial charge in [0.1, 0.15) is 6.61 Å². The van der Waals surface area contributed by atoms with Crippen LogP contribution >= 0.6 is 0 Å². The van der Waals surface area contributed by atoms with Crippen LogP contribution in [0.3, 0.4) is 0 Å². The SMILES string of the molecule is O=C(OCc1ccc(C(=O)N2CCCC2)cc1)c1ccc(CN2CCCC2=O)cc1. The normalized spacial score (nSPS) is 16.2. The number of carbonyl (C=O) groups is 3. The van der Waals surface area contributed by atoms with Crippen LogP contribution in [0.25, 0.3) is 0 Å². The number of amides is 2. The molecule has 2 saturated heterocycles. The molecule has 2 aliphatic heterocycles. The van der Waals surface area contributed by atoms with Gasteiger partial charge in [-0.15, -0.1) is 0 Å². The smallest absolute Gasteiger partial charge is 0.338 e. The van der Waals surface area contributed by atoms with Crippen LogP contribution in [0.1, 0.15) is 57.5 Å². The predicted molar refractivity (Wildman–Crippen MR) is 112 cm³/mol. The van der Waals surface area contributed by atoms with Gasteiger partial charge in [0.05, 0.1) is 5.56 Å². The zero-order valence-electron chi connectivity index (χ0n) is 17.0. The third kappa shape index (κ3) is 4.70. The molecule has 4 rings (SSSR count). The van der Waals surface area contributed by atoms with Crippen molar-refractivity contribution in [2.45, 2.75) is 38.8 Å². The minimum Gasteiger partial charge on any atom is -0.457 e. The summed E-state index contributed by atoms with van der Waals surface area (Å²) in [6.45, 7) is 3.18. The highest BCUT2D eigenvalue weighted by Gasteiger charge is 2.20. The Morgan fingerprint density at radius 2 is 1.43 bits per heavy atom. The maximum atomic E-state index is 12.4. The molecule has 2 aromatic rings. The Hall–Kier alpha value is -3.15. The lowest BCUT2D eigenvalue weighted by Crippen LogP contribution is -2.27. The molecule has 2 heterocycles. The fourth-order valence-electron chi connectivity index (χ4n) is 3.92. The van der Waals surface area contributed by atoms with Crippen molar-refractivity contribution in [3.05, 3.63) is 70.8 Å². The molecule has 0 aliphatic carbocycles. The lowest BCUT2D eigenvalue weighted by atomic mass is 10.1. The Bertz CT molecular complexity index is 915. The molecular weight excluding hydrogens is 380 g/mol. The molecule has 2 fully saturated rings. The van der Waals surface area contributed by atoms with Gasteiger partial charge in [-0.05, 0) is 54.7 Å². The van der Waals surface area contributed by atoms with E-state index in [0.717, 1.165) is 50.0 Å². The first-order valence-electron chi connectivity index (χ1n) is 10.5. The zero-order chi connectivity index (χ0) is 20.9. The van der Waals surface area contributed by atoms with Crippen LogP contribution in [-0.2, 0) is 22.7 Å². The number of carbonyl (C=O) groups excluding carboxylic acids is 3. The maximum absolute atomic E-state index is 12.4. The van der Waals surface area contributed by atoms with E-state index in [-0.39, 0.29) is 18.4 Å². The van der Waals surface area contributed by atoms with E-state index in [1.54, 1.807) is 24.3 Å². The number of esters is 1. The second-order valence-electron chi connectivity index (χ2n) is 7.89. The van der Waals surface area contributed by atoms with E-state index < -0.39 is 5.97 Å². The van der Waals surface area contributed by atoms with E-state index in [1.165, 1.54) is 0 Å². The van der Waals surface area contributed by atoms with Gasteiger partial charge in [-0.25, -0.2) is 4.79 Å². The van der Waals surface area contributed by atoms with Gasteiger partial charge in [-0.3, -0.25) is 9.59 Å². The van der Waals surface area contributed by atoms with E-state index >= 15 is 0 Å². The molecule has 0 N–H and O–H groups in total. The third-order valence-electron chi connectivity index (χ3n) is 5.70. The Balaban J connectivity index is 1.28. The van der Waals surface area contributed by atoms with E-state index in [0.29, 0.717) is 24.1 Å². The van der Waals surface area contributed by atoms with Crippen LogP contribution in [0, 0.1) is 0 Å². The number of rotatable bonds is 6. The molecule has 156 valence electrons. The first kappa shape index (κ1) is 20.1. The highest BCUT2D eigenvalue weighted by atomic mass is 16.5. The van der Waals surface area contributed by atoms with Crippen molar-refractivity contribution in [1.29, 1.82) is 0 Å². The average molecular weight is 406 g/mol. The van der Waals surface area contributed by atoms with Crippen molar-refractivity contribution in [3.63, 3.8) is 0 Å². The van der Waals surface area contributed by atoms with Crippen molar-refractivity contribution < 1.29 is 19.1 Å². The topological polar surface area (TPSA) is 66.9 Å². The van der Waals surface area contributed by atoms with Crippen molar-refractivity contribution in [3.8, 4) is 0 Å². The van der Waals surface area contributed by atoms with Gasteiger partial charge in [0.15, 0.2) is 0 Å². The van der Waals surface area contributed by atoms with Crippen LogP contribution in [0.4, 0.5) is 0 Å². The van der Waals surface area contributed by atoms with Crippen LogP contribution in [-0.4, -0.2) is 47.2 Å². The van der Waals surface area contributed by atoms with Gasteiger partial charge >= 0.3 is 5.97 Å². The fourth-order valence-corrected chi connectivity index (χ4v) is 3.92. The number of hydrogen-bond acceptors (Lipinski definition) is 4. The number of ether oxygens (including phenoxy) is 1. The molecule has 0 aromatic heterocycles. The van der Waals surface area contributed by atoms with Crippen LogP contribution in [0.2, 0.25) is 0 Å². The van der Waals surface area contributed by atoms with Crippen LogP contribution in [0.15, 0.2) is 48.5 Å². The molecule has 2 aliphatic rings. The lowest BCUT2D eigenvalue weighted by molar-refractivity contribution is -0.128. The van der Waals surface area contributed by atoms with Crippen LogP contribution in [0.5, 0.6) is 0 Å². The molecule has 0 radical (unpaired) electrons. The quantitative estimate of drug-likeness (QED) is 0.690. The summed E-state index contributed by atoms with van der Waals surface area (Å²) >= 11 is 0. The summed E-state index contributed by atoms with van der Waals surface area (Å²) < 4.78 is 5.41. The summed E-state index contributed by atoms with van der Waals surface area (Å²) in [6, 6.07) is 14.4. The van der Waals surface area contributed by atoms with E-state index in [2.05, 4.69) is 0 Å². The molecule has 0 atom stereocenters. The van der Waals surface area contributed by atoms with Gasteiger partial charge in [0.2, 0.25) is 5.91 Å². The first-order valence-corrected chi connectivity index (χ1v) is 10.5. The van der Waals surface area contributed by atoms with Crippen molar-refractivity contribution in [2.24, 2.45) is 0 Å². The van der Waals surface area contributed by atoms with Crippen molar-refractivity contribution >= 4 is 17.8 Å². The van der Waals surface area contributed by atoms with Crippen molar-refractivity contribution in [1.82, 2.24) is 9.80 Å². The Labute approximate surface area is 176 Å². The minimum atomic E-state index is -0.393. The molecule has 2 amide bonds. The molecule has 30 heavy (non-hydrogen) atoms. The second-order valence-corrected chi connectivity index (χ2v) is 7.89. The first-order chi connectivity index (χ1) is 14.6. The van der Waals surface area contributed by atoms with Gasteiger partial charge in [0, 0.05) is 38.2 Å². The second kappa shape index (κ2) is 9.11. The molecule has 0 spiro atoms. The van der Waals surface area contributed by atoms with Crippen LogP contribution < -0.4 is 0 Å². The highest BCUT2D eigenvalue weighted by Crippen LogP contribution is 2.16. The average Bonchev–Trinajstić information content (AvgIpc) is 3.45. The van der Waals surface area contributed by atoms with Crippen molar-refractivity contribution in [2.75, 3.05) is 19.6 Å². The minimum absolute atomic E-state index is 0.0618. The Morgan fingerprint density at radius 3 is 2.07 bits per heavy atom. The molecule has 0 unspecified atom stereocenters. The molecule has 0 bridgehead atoms. The number of nitrogens with zero attached hydrogens (tertiary/aromatic N) is 2. The van der Waals surface area contributed by atoms with E-state index in [1.807, 2.05) is 34.1 Å². The Kier molecular flexibility index (Phi) is 6.12. The molecule has 0 saturated carbocycles. The standard InChI is InChI=1S/C24H26N2O4/c27-22-4-3-15-26(22)16-18-5-11-21(12-6-18)24(29)30-17-19-7-9-20(10-8-19)23(28)25-13-1-2-14-25/h5-12H,1-4,13-17H2. The van der Waals surface area contributed by atoms with Gasteiger partial charge < -0.3 is 14.5 Å². The van der Waals surface area contributed by atoms with Gasteiger partial charge in [-0.1, -0.05) is 24.3 Å². The largest absolute Gasteiger partial charge is 0.457 e. The molecular formula is C24H26N2O4. The molecule has 6 nitrogen and oxygen atoms in total. The summed E-state index contributed by atoms with van der Waals surface area (Å²) in [5.74, 6) is -0.144. The summed E-state index contributed by atoms with van der Waals surface area (Å²) in [4.78, 5) is 40.2. The Morgan fingerprint density at radius 1 is 0.800 bits per heavy atom. The zero-order valence-corrected chi connectivity index (χ0v) is 17.0. The predicted octanol–water partition coefficient (Wildman–Crippen LogP) is 3.40. The van der Waals surface area contributed by atoms with E-state index in [4.69, 9.17) is 4.74 Å². The third-order valence-corrected chi connectivity index (χ3v) is 5.70. The fraction of sp³-hybridized carbons (Fsp3) is 0.375. The van der Waals surface area contributed by atoms with Gasteiger partial charge in [0.25, 0.3) is 5.91 Å². The number of likely N-dealkylation sites (tertiary alicyclic amines) is 2. The molecule has 2 aromatic carbocycles. The summed E-state index contributed by atoms with van der Waals surface area (Å²) in [6.07, 6.45) is 3.67. The highest BCUT2D eigenvalue weighted by molar-refractivity contribution is 5.94. The number of benzene rings is 2. The summed E-state index contributed by atoms with van der Waals surface area (Å²) in [7, 11) is 0. The maximum Gasteiger partial charge on any atom is 0.338 e. The summed E-state index contributed by atoms with van der Waals surface area (Å²) in [5, 5.41) is 0. The lowest BCUT2D eigenvalue weighted by Gasteiger charge is -2.15. The van der Waals surface area contributed by atoms with E-state index in [9.17, 15) is 14.4 Å². The molecule has 6 heteroatoms.